The number of aryl methyl sites for hydroxylation is 2. The molecule has 0 aromatic heterocycles. The molecule has 110 valence electrons. The third kappa shape index (κ3) is 4.08. The molecule has 0 aliphatic rings. The smallest absolute Gasteiger partial charge is 0.265 e. The van der Waals surface area contributed by atoms with Gasteiger partial charge in [0.15, 0.2) is 6.10 Å². The molecular formula is C17H18BrNO2. The van der Waals surface area contributed by atoms with Crippen LogP contribution in [-0.4, -0.2) is 12.0 Å². The number of carbonyl (C=O) groups excluding carboxylic acids is 1. The third-order valence-electron chi connectivity index (χ3n) is 3.29. The van der Waals surface area contributed by atoms with Crippen molar-refractivity contribution in [2.75, 3.05) is 5.32 Å². The summed E-state index contributed by atoms with van der Waals surface area (Å²) in [5.74, 6) is 0.521. The topological polar surface area (TPSA) is 38.3 Å². The normalized spacial score (nSPS) is 11.8. The summed E-state index contributed by atoms with van der Waals surface area (Å²) in [6, 6.07) is 13.3. The summed E-state index contributed by atoms with van der Waals surface area (Å²) in [6.07, 6.45) is -0.570. The largest absolute Gasteiger partial charge is 0.481 e. The summed E-state index contributed by atoms with van der Waals surface area (Å²) < 4.78 is 6.54. The predicted octanol–water partition coefficient (Wildman–Crippen LogP) is 4.47. The monoisotopic (exact) mass is 347 g/mol. The van der Waals surface area contributed by atoms with Gasteiger partial charge < -0.3 is 10.1 Å². The lowest BCUT2D eigenvalue weighted by atomic mass is 10.1. The highest BCUT2D eigenvalue weighted by atomic mass is 79.9. The lowest BCUT2D eigenvalue weighted by Crippen LogP contribution is -2.30. The van der Waals surface area contributed by atoms with E-state index in [0.717, 1.165) is 15.7 Å². The zero-order chi connectivity index (χ0) is 15.4. The minimum Gasteiger partial charge on any atom is -0.481 e. The van der Waals surface area contributed by atoms with Crippen molar-refractivity contribution < 1.29 is 9.53 Å². The minimum absolute atomic E-state index is 0.180. The van der Waals surface area contributed by atoms with Crippen molar-refractivity contribution >= 4 is 27.5 Å². The van der Waals surface area contributed by atoms with E-state index in [1.165, 1.54) is 5.56 Å². The summed E-state index contributed by atoms with van der Waals surface area (Å²) in [5, 5.41) is 2.85. The first-order chi connectivity index (χ1) is 9.97. The van der Waals surface area contributed by atoms with Crippen LogP contribution in [0, 0.1) is 13.8 Å². The Kier molecular flexibility index (Phi) is 5.02. The molecule has 4 heteroatoms. The molecule has 0 spiro atoms. The van der Waals surface area contributed by atoms with Crippen LogP contribution >= 0.6 is 15.9 Å². The molecule has 1 amide bonds. The number of hydrogen-bond donors (Lipinski definition) is 1. The molecule has 2 rings (SSSR count). The third-order valence-corrected chi connectivity index (χ3v) is 3.98. The number of benzene rings is 2. The van der Waals surface area contributed by atoms with Crippen LogP contribution in [0.4, 0.5) is 5.69 Å². The summed E-state index contributed by atoms with van der Waals surface area (Å²) in [5.41, 5.74) is 3.08. The Bertz CT molecular complexity index is 655. The Morgan fingerprint density at radius 1 is 1.14 bits per heavy atom. The van der Waals surface area contributed by atoms with Gasteiger partial charge in [0.05, 0.1) is 5.69 Å². The number of ether oxygens (including phenoxy) is 1. The highest BCUT2D eigenvalue weighted by Gasteiger charge is 2.16. The van der Waals surface area contributed by atoms with Gasteiger partial charge in [-0.15, -0.1) is 0 Å². The van der Waals surface area contributed by atoms with Gasteiger partial charge >= 0.3 is 0 Å². The Hall–Kier alpha value is -1.81. The molecule has 0 bridgehead atoms. The van der Waals surface area contributed by atoms with E-state index in [0.29, 0.717) is 5.75 Å². The lowest BCUT2D eigenvalue weighted by molar-refractivity contribution is -0.122. The molecule has 3 nitrogen and oxygen atoms in total. The maximum atomic E-state index is 12.2. The van der Waals surface area contributed by atoms with Crippen LogP contribution in [0.5, 0.6) is 5.75 Å². The fourth-order valence-corrected chi connectivity index (χ4v) is 2.23. The van der Waals surface area contributed by atoms with Gasteiger partial charge in [-0.1, -0.05) is 18.2 Å². The molecule has 21 heavy (non-hydrogen) atoms. The molecule has 0 saturated carbocycles. The van der Waals surface area contributed by atoms with Gasteiger partial charge in [-0.25, -0.2) is 0 Å². The predicted molar refractivity (Wildman–Crippen MR) is 88.8 cm³/mol. The number of hydrogen-bond acceptors (Lipinski definition) is 2. The molecule has 1 N–H and O–H groups in total. The summed E-state index contributed by atoms with van der Waals surface area (Å²) in [7, 11) is 0. The molecule has 0 fully saturated rings. The van der Waals surface area contributed by atoms with Crippen LogP contribution in [0.3, 0.4) is 0 Å². The maximum Gasteiger partial charge on any atom is 0.265 e. The molecule has 1 atom stereocenters. The van der Waals surface area contributed by atoms with Crippen LogP contribution in [0.25, 0.3) is 0 Å². The summed E-state index contributed by atoms with van der Waals surface area (Å²) in [6.45, 7) is 5.80. The number of para-hydroxylation sites is 1. The van der Waals surface area contributed by atoms with Gasteiger partial charge in [0.2, 0.25) is 0 Å². The second-order valence-electron chi connectivity index (χ2n) is 4.98. The molecule has 0 saturated heterocycles. The minimum atomic E-state index is -0.570. The molecule has 2 aromatic carbocycles. The molecule has 0 unspecified atom stereocenters. The number of nitrogens with one attached hydrogen (secondary N) is 1. The van der Waals surface area contributed by atoms with Crippen LogP contribution in [-0.2, 0) is 4.79 Å². The van der Waals surface area contributed by atoms with Crippen LogP contribution in [0.1, 0.15) is 18.1 Å². The molecule has 0 aliphatic heterocycles. The van der Waals surface area contributed by atoms with Crippen molar-refractivity contribution in [3.8, 4) is 5.75 Å². The summed E-state index contributed by atoms with van der Waals surface area (Å²) in [4.78, 5) is 12.2. The highest BCUT2D eigenvalue weighted by molar-refractivity contribution is 9.10. The molecule has 0 aliphatic carbocycles. The van der Waals surface area contributed by atoms with Gasteiger partial charge in [-0.2, -0.15) is 0 Å². The Balaban J connectivity index is 2.02. The highest BCUT2D eigenvalue weighted by Crippen LogP contribution is 2.22. The second-order valence-corrected chi connectivity index (χ2v) is 5.83. The van der Waals surface area contributed by atoms with Crippen LogP contribution < -0.4 is 10.1 Å². The molecular weight excluding hydrogens is 330 g/mol. The van der Waals surface area contributed by atoms with E-state index < -0.39 is 6.10 Å². The van der Waals surface area contributed by atoms with Crippen molar-refractivity contribution in [2.45, 2.75) is 26.9 Å². The van der Waals surface area contributed by atoms with E-state index in [1.54, 1.807) is 6.92 Å². The van der Waals surface area contributed by atoms with Gasteiger partial charge in [-0.3, -0.25) is 4.79 Å². The average molecular weight is 348 g/mol. The van der Waals surface area contributed by atoms with E-state index in [2.05, 4.69) is 21.2 Å². The first-order valence-electron chi connectivity index (χ1n) is 6.76. The standard InChI is InChI=1S/C17H18BrNO2/c1-11-8-9-14(10-12(11)2)21-13(3)17(20)19-16-7-5-4-6-15(16)18/h4-10,13H,1-3H3,(H,19,20)/t13-/m1/s1. The molecule has 0 heterocycles. The SMILES string of the molecule is Cc1ccc(O[C@H](C)C(=O)Nc2ccccc2Br)cc1C. The number of anilines is 1. The van der Waals surface area contributed by atoms with Crippen molar-refractivity contribution in [1.82, 2.24) is 0 Å². The molecule has 0 radical (unpaired) electrons. The average Bonchev–Trinajstić information content (AvgIpc) is 2.45. The zero-order valence-electron chi connectivity index (χ0n) is 12.3. The fourth-order valence-electron chi connectivity index (χ4n) is 1.84. The Morgan fingerprint density at radius 2 is 1.86 bits per heavy atom. The van der Waals surface area contributed by atoms with Crippen molar-refractivity contribution in [2.24, 2.45) is 0 Å². The fraction of sp³-hybridized carbons (Fsp3) is 0.235. The number of amides is 1. The second kappa shape index (κ2) is 6.76. The van der Waals surface area contributed by atoms with Gasteiger partial charge in [0.1, 0.15) is 5.75 Å². The van der Waals surface area contributed by atoms with Crippen LogP contribution in [0.15, 0.2) is 46.9 Å². The van der Waals surface area contributed by atoms with E-state index in [4.69, 9.17) is 4.74 Å². The van der Waals surface area contributed by atoms with E-state index >= 15 is 0 Å². The first-order valence-corrected chi connectivity index (χ1v) is 7.56. The van der Waals surface area contributed by atoms with Crippen molar-refractivity contribution in [3.63, 3.8) is 0 Å². The molecule has 2 aromatic rings. The van der Waals surface area contributed by atoms with Crippen molar-refractivity contribution in [3.05, 3.63) is 58.1 Å². The number of carbonyl (C=O) groups is 1. The van der Waals surface area contributed by atoms with E-state index in [9.17, 15) is 4.79 Å². The number of rotatable bonds is 4. The van der Waals surface area contributed by atoms with Gasteiger partial charge in [-0.05, 0) is 72.1 Å². The maximum absolute atomic E-state index is 12.2. The number of halogens is 1. The quantitative estimate of drug-likeness (QED) is 0.885. The Morgan fingerprint density at radius 3 is 2.52 bits per heavy atom. The van der Waals surface area contributed by atoms with Gasteiger partial charge in [0, 0.05) is 4.47 Å². The van der Waals surface area contributed by atoms with E-state index in [1.807, 2.05) is 56.3 Å². The first kappa shape index (κ1) is 15.6. The Labute approximate surface area is 133 Å². The van der Waals surface area contributed by atoms with Crippen LogP contribution in [0.2, 0.25) is 0 Å². The lowest BCUT2D eigenvalue weighted by Gasteiger charge is -2.16. The zero-order valence-corrected chi connectivity index (χ0v) is 13.9. The summed E-state index contributed by atoms with van der Waals surface area (Å²) >= 11 is 3.40. The van der Waals surface area contributed by atoms with Crippen molar-refractivity contribution in [1.29, 1.82) is 0 Å². The van der Waals surface area contributed by atoms with Gasteiger partial charge in [0.25, 0.3) is 5.91 Å². The van der Waals surface area contributed by atoms with E-state index in [-0.39, 0.29) is 5.91 Å².